The second kappa shape index (κ2) is 8.08. The first kappa shape index (κ1) is 18.6. The lowest BCUT2D eigenvalue weighted by atomic mass is 9.89. The van der Waals surface area contributed by atoms with Crippen molar-refractivity contribution in [1.82, 2.24) is 15.4 Å². The van der Waals surface area contributed by atoms with Crippen molar-refractivity contribution in [3.05, 3.63) is 26.6 Å². The largest absolute Gasteiger partial charge is 0.350 e. The van der Waals surface area contributed by atoms with Crippen LogP contribution in [-0.2, 0) is 33.6 Å². The molecule has 7 nitrogen and oxygen atoms in total. The number of thiophene rings is 1. The molecule has 3 heterocycles. The number of aromatic nitrogens is 2. The Kier molecular flexibility index (Phi) is 5.56. The molecule has 1 saturated heterocycles. The van der Waals surface area contributed by atoms with Crippen molar-refractivity contribution in [2.75, 3.05) is 6.61 Å². The van der Waals surface area contributed by atoms with Gasteiger partial charge in [-0.15, -0.1) is 11.3 Å². The monoisotopic (exact) mass is 391 g/mol. The number of carbonyl (C=O) groups is 1. The summed E-state index contributed by atoms with van der Waals surface area (Å²) in [4.78, 5) is 39.4. The zero-order chi connectivity index (χ0) is 18.8. The van der Waals surface area contributed by atoms with E-state index in [-0.39, 0.29) is 24.2 Å². The normalized spacial score (nSPS) is 22.6. The van der Waals surface area contributed by atoms with Gasteiger partial charge in [0.15, 0.2) is 6.29 Å². The summed E-state index contributed by atoms with van der Waals surface area (Å²) in [7, 11) is 0. The lowest BCUT2D eigenvalue weighted by Gasteiger charge is -2.22. The quantitative estimate of drug-likeness (QED) is 0.764. The van der Waals surface area contributed by atoms with E-state index in [1.165, 1.54) is 10.4 Å². The average molecular weight is 391 g/mol. The van der Waals surface area contributed by atoms with Gasteiger partial charge in [-0.25, -0.2) is 15.3 Å². The van der Waals surface area contributed by atoms with Gasteiger partial charge in [0.2, 0.25) is 5.91 Å². The van der Waals surface area contributed by atoms with Crippen LogP contribution in [0.15, 0.2) is 4.79 Å². The Morgan fingerprint density at radius 1 is 1.41 bits per heavy atom. The van der Waals surface area contributed by atoms with Crippen LogP contribution in [0.3, 0.4) is 0 Å². The van der Waals surface area contributed by atoms with Crippen LogP contribution in [0.2, 0.25) is 0 Å². The number of nitrogens with zero attached hydrogens (tertiary/aromatic N) is 1. The number of H-pyrrole nitrogens is 1. The fourth-order valence-electron chi connectivity index (χ4n) is 3.73. The topological polar surface area (TPSA) is 93.3 Å². The second-order valence-corrected chi connectivity index (χ2v) is 8.57. The maximum Gasteiger partial charge on any atom is 0.259 e. The van der Waals surface area contributed by atoms with E-state index in [9.17, 15) is 9.59 Å². The fraction of sp³-hybridized carbons (Fsp3) is 0.632. The highest BCUT2D eigenvalue weighted by atomic mass is 32.1. The first-order chi connectivity index (χ1) is 13.1. The molecule has 0 unspecified atom stereocenters. The first-order valence-electron chi connectivity index (χ1n) is 9.69. The molecule has 2 aromatic rings. The Morgan fingerprint density at radius 3 is 3.11 bits per heavy atom. The van der Waals surface area contributed by atoms with E-state index in [0.29, 0.717) is 24.8 Å². The first-order valence-corrected chi connectivity index (χ1v) is 10.5. The molecule has 0 spiro atoms. The number of hydrogen-bond donors (Lipinski definition) is 2. The third-order valence-electron chi connectivity index (χ3n) is 5.25. The lowest BCUT2D eigenvalue weighted by molar-refractivity contribution is -0.200. The van der Waals surface area contributed by atoms with Gasteiger partial charge >= 0.3 is 0 Å². The molecule has 0 aromatic carbocycles. The van der Waals surface area contributed by atoms with Gasteiger partial charge < -0.3 is 9.72 Å². The number of aromatic amines is 1. The van der Waals surface area contributed by atoms with Gasteiger partial charge in [0.1, 0.15) is 10.7 Å². The Balaban J connectivity index is 1.39. The van der Waals surface area contributed by atoms with Crippen LogP contribution in [0.25, 0.3) is 10.2 Å². The molecule has 0 saturated carbocycles. The van der Waals surface area contributed by atoms with Gasteiger partial charge in [0.05, 0.1) is 5.39 Å². The van der Waals surface area contributed by atoms with Crippen molar-refractivity contribution >= 4 is 27.5 Å². The summed E-state index contributed by atoms with van der Waals surface area (Å²) in [6, 6.07) is 0. The van der Waals surface area contributed by atoms with Crippen LogP contribution in [-0.4, -0.2) is 28.8 Å². The van der Waals surface area contributed by atoms with E-state index in [4.69, 9.17) is 9.57 Å². The van der Waals surface area contributed by atoms with Gasteiger partial charge in [0.25, 0.3) is 5.56 Å². The molecule has 8 heteroatoms. The van der Waals surface area contributed by atoms with Crippen LogP contribution in [0.4, 0.5) is 0 Å². The molecule has 1 aliphatic heterocycles. The summed E-state index contributed by atoms with van der Waals surface area (Å²) in [5.41, 5.74) is 3.52. The van der Waals surface area contributed by atoms with Crippen LogP contribution in [0.1, 0.15) is 55.3 Å². The van der Waals surface area contributed by atoms with E-state index in [0.717, 1.165) is 48.7 Å². The smallest absolute Gasteiger partial charge is 0.259 e. The molecule has 1 fully saturated rings. The average Bonchev–Trinajstić information content (AvgIpc) is 3.03. The highest BCUT2D eigenvalue weighted by Crippen LogP contribution is 2.35. The number of aryl methyl sites for hydroxylation is 2. The minimum Gasteiger partial charge on any atom is -0.350 e. The Bertz CT molecular complexity index is 885. The summed E-state index contributed by atoms with van der Waals surface area (Å²) < 4.78 is 5.41. The van der Waals surface area contributed by atoms with E-state index >= 15 is 0 Å². The predicted molar refractivity (Wildman–Crippen MR) is 103 cm³/mol. The number of nitrogens with one attached hydrogen (secondary N) is 2. The van der Waals surface area contributed by atoms with Crippen molar-refractivity contribution in [2.24, 2.45) is 5.92 Å². The van der Waals surface area contributed by atoms with Crippen molar-refractivity contribution < 1.29 is 14.4 Å². The minimum atomic E-state index is -0.364. The third kappa shape index (κ3) is 4.23. The van der Waals surface area contributed by atoms with E-state index < -0.39 is 0 Å². The molecule has 27 heavy (non-hydrogen) atoms. The third-order valence-corrected chi connectivity index (χ3v) is 6.39. The van der Waals surface area contributed by atoms with Crippen LogP contribution in [0.5, 0.6) is 0 Å². The second-order valence-electron chi connectivity index (χ2n) is 7.48. The summed E-state index contributed by atoms with van der Waals surface area (Å²) >= 11 is 1.62. The molecular formula is C19H25N3O4S. The molecule has 2 aromatic heterocycles. The van der Waals surface area contributed by atoms with Crippen LogP contribution >= 0.6 is 11.3 Å². The van der Waals surface area contributed by atoms with Crippen molar-refractivity contribution in [3.63, 3.8) is 0 Å². The molecule has 2 N–H and O–H groups in total. The number of amides is 1. The van der Waals surface area contributed by atoms with Gasteiger partial charge in [-0.2, -0.15) is 0 Å². The van der Waals surface area contributed by atoms with E-state index in [1.807, 2.05) is 0 Å². The number of ether oxygens (including phenoxy) is 1. The van der Waals surface area contributed by atoms with Crippen LogP contribution < -0.4 is 11.0 Å². The summed E-state index contributed by atoms with van der Waals surface area (Å²) in [5, 5.41) is 0.743. The standard InChI is InChI=1S/C19H25N3O4S/c1-11-5-6-12-13(10-11)27-19-17(12)18(24)20-14(21-19)7-8-15(23)22-26-16-4-2-3-9-25-16/h11,16H,2-10H2,1H3,(H,22,23)(H,20,21,24)/t11-,16+/m0/s1. The molecular weight excluding hydrogens is 366 g/mol. The Labute approximate surface area is 161 Å². The maximum atomic E-state index is 12.6. The molecule has 1 amide bonds. The van der Waals surface area contributed by atoms with E-state index in [1.54, 1.807) is 11.3 Å². The molecule has 2 aliphatic rings. The van der Waals surface area contributed by atoms with Crippen molar-refractivity contribution in [1.29, 1.82) is 0 Å². The zero-order valence-corrected chi connectivity index (χ0v) is 16.3. The minimum absolute atomic E-state index is 0.0886. The summed E-state index contributed by atoms with van der Waals surface area (Å²) in [5.74, 6) is 0.954. The lowest BCUT2D eigenvalue weighted by Crippen LogP contribution is -2.33. The number of carbonyl (C=O) groups excluding carboxylic acids is 1. The highest BCUT2D eigenvalue weighted by molar-refractivity contribution is 7.18. The van der Waals surface area contributed by atoms with Gasteiger partial charge in [-0.1, -0.05) is 6.92 Å². The molecule has 2 atom stereocenters. The maximum absolute atomic E-state index is 12.6. The van der Waals surface area contributed by atoms with Crippen molar-refractivity contribution in [2.45, 2.75) is 64.6 Å². The molecule has 4 rings (SSSR count). The van der Waals surface area contributed by atoms with Crippen molar-refractivity contribution in [3.8, 4) is 0 Å². The number of hydrogen-bond acceptors (Lipinski definition) is 6. The summed E-state index contributed by atoms with van der Waals surface area (Å²) in [6.07, 6.45) is 6.14. The SMILES string of the molecule is C[C@H]1CCc2c(sc3nc(CCC(=O)NO[C@@H]4CCCCO4)[nH]c(=O)c23)C1. The molecule has 146 valence electrons. The number of hydroxylamine groups is 1. The van der Waals surface area contributed by atoms with E-state index in [2.05, 4.69) is 22.4 Å². The van der Waals surface area contributed by atoms with Gasteiger partial charge in [-0.05, 0) is 43.6 Å². The number of rotatable bonds is 5. The molecule has 1 aliphatic carbocycles. The Morgan fingerprint density at radius 2 is 2.30 bits per heavy atom. The molecule has 0 bridgehead atoms. The molecule has 0 radical (unpaired) electrons. The predicted octanol–water partition coefficient (Wildman–Crippen LogP) is 2.62. The number of fused-ring (bicyclic) bond motifs is 3. The Hall–Kier alpha value is -1.77. The van der Waals surface area contributed by atoms with Crippen LogP contribution in [0, 0.1) is 5.92 Å². The van der Waals surface area contributed by atoms with Gasteiger partial charge in [0, 0.05) is 30.7 Å². The van der Waals surface area contributed by atoms with Gasteiger partial charge in [-0.3, -0.25) is 9.59 Å². The highest BCUT2D eigenvalue weighted by Gasteiger charge is 2.23. The summed E-state index contributed by atoms with van der Waals surface area (Å²) in [6.45, 7) is 2.91. The fourth-order valence-corrected chi connectivity index (χ4v) is 5.13. The zero-order valence-electron chi connectivity index (χ0n) is 15.5.